The van der Waals surface area contributed by atoms with Gasteiger partial charge >= 0.3 is 6.18 Å². The Hall–Kier alpha value is -4.41. The Bertz CT molecular complexity index is 1470. The molecule has 3 atom stereocenters. The van der Waals surface area contributed by atoms with Gasteiger partial charge in [-0.15, -0.1) is 0 Å². The first-order valence-electron chi connectivity index (χ1n) is 12.4. The van der Waals surface area contributed by atoms with Gasteiger partial charge in [-0.25, -0.2) is 0 Å². The number of benzene rings is 1. The standard InChI is InChI=1S/C28H26F3N5O3/c1-34-15-18(14-24(34)23-11-12-32-35(23)2)25(37)33-19(13-17-7-3-6-10-22(17)28(29,30)31)16-36-26(38)20-8-4-5-9-21(20)27(36)39/h3-12,14-15,19-21H,13,16H2,1-2H3,(H,33,37)/t19-,20?,21?/m0/s1. The van der Waals surface area contributed by atoms with Crippen molar-refractivity contribution in [3.63, 3.8) is 0 Å². The molecule has 11 heteroatoms. The van der Waals surface area contributed by atoms with Crippen LogP contribution in [0.5, 0.6) is 0 Å². The lowest BCUT2D eigenvalue weighted by Crippen LogP contribution is -2.47. The number of imide groups is 1. The minimum atomic E-state index is -4.60. The topological polar surface area (TPSA) is 89.2 Å². The Morgan fingerprint density at radius 1 is 1.03 bits per heavy atom. The predicted octanol–water partition coefficient (Wildman–Crippen LogP) is 3.51. The van der Waals surface area contributed by atoms with Crippen molar-refractivity contribution in [3.05, 3.63) is 89.8 Å². The van der Waals surface area contributed by atoms with E-state index in [-0.39, 0.29) is 24.1 Å². The average Bonchev–Trinajstić information content (AvgIpc) is 3.56. The smallest absolute Gasteiger partial charge is 0.348 e. The van der Waals surface area contributed by atoms with E-state index in [1.54, 1.807) is 72.2 Å². The van der Waals surface area contributed by atoms with Gasteiger partial charge in [-0.05, 0) is 30.2 Å². The number of likely N-dealkylation sites (tertiary alicyclic amines) is 1. The summed E-state index contributed by atoms with van der Waals surface area (Å²) in [6.45, 7) is -0.258. The number of hydrogen-bond donors (Lipinski definition) is 1. The quantitative estimate of drug-likeness (QED) is 0.468. The van der Waals surface area contributed by atoms with Crippen molar-refractivity contribution in [1.82, 2.24) is 24.6 Å². The van der Waals surface area contributed by atoms with Crippen LogP contribution in [0.2, 0.25) is 0 Å². The van der Waals surface area contributed by atoms with Gasteiger partial charge in [0, 0.05) is 33.0 Å². The highest BCUT2D eigenvalue weighted by atomic mass is 19.4. The third kappa shape index (κ3) is 5.04. The highest BCUT2D eigenvalue weighted by Gasteiger charge is 2.46. The molecule has 1 aliphatic heterocycles. The summed E-state index contributed by atoms with van der Waals surface area (Å²) in [5, 5.41) is 6.93. The van der Waals surface area contributed by atoms with Gasteiger partial charge in [-0.1, -0.05) is 42.5 Å². The van der Waals surface area contributed by atoms with Crippen LogP contribution in [0.3, 0.4) is 0 Å². The molecule has 3 aromatic rings. The van der Waals surface area contributed by atoms with Crippen LogP contribution in [0.15, 0.2) is 73.1 Å². The third-order valence-electron chi connectivity index (χ3n) is 7.12. The highest BCUT2D eigenvalue weighted by Crippen LogP contribution is 2.34. The monoisotopic (exact) mass is 537 g/mol. The summed E-state index contributed by atoms with van der Waals surface area (Å²) in [6, 6.07) is 7.57. The molecule has 1 aromatic carbocycles. The molecule has 5 rings (SSSR count). The summed E-state index contributed by atoms with van der Waals surface area (Å²) in [5.41, 5.74) is 0.883. The molecule has 0 radical (unpaired) electrons. The van der Waals surface area contributed by atoms with Crippen LogP contribution < -0.4 is 5.32 Å². The van der Waals surface area contributed by atoms with Gasteiger partial charge in [0.2, 0.25) is 11.8 Å². The van der Waals surface area contributed by atoms with Crippen LogP contribution in [0.4, 0.5) is 13.2 Å². The van der Waals surface area contributed by atoms with Crippen LogP contribution in [0.1, 0.15) is 21.5 Å². The lowest BCUT2D eigenvalue weighted by Gasteiger charge is -2.25. The molecular weight excluding hydrogens is 511 g/mol. The number of nitrogens with zero attached hydrogens (tertiary/aromatic N) is 4. The maximum atomic E-state index is 13.7. The highest BCUT2D eigenvalue weighted by molar-refractivity contribution is 6.07. The third-order valence-corrected chi connectivity index (χ3v) is 7.12. The maximum Gasteiger partial charge on any atom is 0.416 e. The van der Waals surface area contributed by atoms with Crippen LogP contribution in [0.25, 0.3) is 11.4 Å². The zero-order valence-corrected chi connectivity index (χ0v) is 21.2. The number of aryl methyl sites for hydroxylation is 2. The van der Waals surface area contributed by atoms with E-state index < -0.39 is 47.3 Å². The first-order chi connectivity index (χ1) is 18.5. The Balaban J connectivity index is 1.44. The first kappa shape index (κ1) is 26.2. The summed E-state index contributed by atoms with van der Waals surface area (Å²) < 4.78 is 44.6. The number of carbonyl (C=O) groups is 3. The molecule has 2 unspecified atom stereocenters. The Kier molecular flexibility index (Phi) is 6.75. The van der Waals surface area contributed by atoms with E-state index >= 15 is 0 Å². The molecule has 0 bridgehead atoms. The Labute approximate surface area is 222 Å². The van der Waals surface area contributed by atoms with Gasteiger partial charge in [0.1, 0.15) is 0 Å². The molecule has 202 valence electrons. The molecule has 0 spiro atoms. The molecule has 1 N–H and O–H groups in total. The summed E-state index contributed by atoms with van der Waals surface area (Å²) >= 11 is 0. The van der Waals surface area contributed by atoms with Crippen LogP contribution in [-0.2, 0) is 36.3 Å². The maximum absolute atomic E-state index is 13.7. The van der Waals surface area contributed by atoms with E-state index in [1.165, 1.54) is 18.2 Å². The second-order valence-corrected chi connectivity index (χ2v) is 9.70. The van der Waals surface area contributed by atoms with Crippen molar-refractivity contribution >= 4 is 17.7 Å². The number of carbonyl (C=O) groups excluding carboxylic acids is 3. The molecule has 2 aliphatic rings. The molecule has 1 fully saturated rings. The second-order valence-electron chi connectivity index (χ2n) is 9.70. The predicted molar refractivity (Wildman–Crippen MR) is 136 cm³/mol. The fourth-order valence-corrected chi connectivity index (χ4v) is 5.19. The van der Waals surface area contributed by atoms with E-state index in [2.05, 4.69) is 10.4 Å². The fourth-order valence-electron chi connectivity index (χ4n) is 5.19. The molecule has 3 heterocycles. The molecule has 8 nitrogen and oxygen atoms in total. The van der Waals surface area contributed by atoms with Crippen LogP contribution in [-0.4, -0.2) is 49.6 Å². The first-order valence-corrected chi connectivity index (χ1v) is 12.4. The Morgan fingerprint density at radius 2 is 1.69 bits per heavy atom. The van der Waals surface area contributed by atoms with E-state index in [1.807, 2.05) is 0 Å². The summed E-state index contributed by atoms with van der Waals surface area (Å²) in [4.78, 5) is 40.5. The minimum absolute atomic E-state index is 0.0461. The number of nitrogens with one attached hydrogen (secondary N) is 1. The summed E-state index contributed by atoms with van der Waals surface area (Å²) in [6.07, 6.45) is 5.04. The zero-order chi connectivity index (χ0) is 27.9. The largest absolute Gasteiger partial charge is 0.416 e. The van der Waals surface area contributed by atoms with E-state index in [0.29, 0.717) is 5.69 Å². The van der Waals surface area contributed by atoms with Crippen molar-refractivity contribution in [1.29, 1.82) is 0 Å². The fraction of sp³-hybridized carbons (Fsp3) is 0.286. The van der Waals surface area contributed by atoms with Gasteiger partial charge in [0.05, 0.1) is 40.4 Å². The van der Waals surface area contributed by atoms with E-state index in [0.717, 1.165) is 16.7 Å². The Morgan fingerprint density at radius 3 is 2.31 bits per heavy atom. The minimum Gasteiger partial charge on any atom is -0.348 e. The molecule has 3 amide bonds. The van der Waals surface area contributed by atoms with Gasteiger partial charge < -0.3 is 9.88 Å². The number of amides is 3. The number of halogens is 3. The van der Waals surface area contributed by atoms with Gasteiger partial charge in [0.15, 0.2) is 0 Å². The van der Waals surface area contributed by atoms with E-state index in [9.17, 15) is 27.6 Å². The number of alkyl halides is 3. The number of allylic oxidation sites excluding steroid dienone is 2. The molecule has 0 saturated carbocycles. The SMILES string of the molecule is Cn1cc(C(=O)N[C@@H](Cc2ccccc2C(F)(F)F)CN2C(=O)C3C=CC=CC3C2=O)cc1-c1ccnn1C. The summed E-state index contributed by atoms with van der Waals surface area (Å²) in [7, 11) is 3.53. The number of aromatic nitrogens is 3. The lowest BCUT2D eigenvalue weighted by molar-refractivity contribution is -0.141. The van der Waals surface area contributed by atoms with Crippen LogP contribution in [0, 0.1) is 11.8 Å². The molecular formula is C28H26F3N5O3. The average molecular weight is 538 g/mol. The van der Waals surface area contributed by atoms with Crippen molar-refractivity contribution < 1.29 is 27.6 Å². The number of fused-ring (bicyclic) bond motifs is 1. The lowest BCUT2D eigenvalue weighted by atomic mass is 9.91. The number of hydrogen-bond acceptors (Lipinski definition) is 4. The molecule has 1 aliphatic carbocycles. The van der Waals surface area contributed by atoms with Gasteiger partial charge in [-0.2, -0.15) is 18.3 Å². The molecule has 1 saturated heterocycles. The normalized spacial score (nSPS) is 19.5. The van der Waals surface area contributed by atoms with E-state index in [4.69, 9.17) is 0 Å². The van der Waals surface area contributed by atoms with Crippen molar-refractivity contribution in [2.75, 3.05) is 6.54 Å². The number of rotatable bonds is 7. The van der Waals surface area contributed by atoms with Gasteiger partial charge in [0.25, 0.3) is 5.91 Å². The van der Waals surface area contributed by atoms with Crippen molar-refractivity contribution in [3.8, 4) is 11.4 Å². The van der Waals surface area contributed by atoms with Crippen LogP contribution >= 0.6 is 0 Å². The molecule has 39 heavy (non-hydrogen) atoms. The second kappa shape index (κ2) is 10.0. The summed E-state index contributed by atoms with van der Waals surface area (Å²) in [5.74, 6) is -2.72. The van der Waals surface area contributed by atoms with Crippen molar-refractivity contribution in [2.24, 2.45) is 25.9 Å². The zero-order valence-electron chi connectivity index (χ0n) is 21.2. The van der Waals surface area contributed by atoms with Gasteiger partial charge in [-0.3, -0.25) is 24.0 Å². The van der Waals surface area contributed by atoms with Crippen molar-refractivity contribution in [2.45, 2.75) is 18.6 Å². The molecule has 2 aromatic heterocycles.